The third-order valence-electron chi connectivity index (χ3n) is 5.92. The Hall–Kier alpha value is -3.95. The molecule has 0 radical (unpaired) electrons. The Labute approximate surface area is 195 Å². The van der Waals surface area contributed by atoms with E-state index in [0.717, 1.165) is 22.3 Å². The molecule has 0 fully saturated rings. The molecule has 4 rings (SSSR count). The molecule has 1 aliphatic rings. The minimum atomic E-state index is -1.66. The van der Waals surface area contributed by atoms with E-state index in [1.807, 2.05) is 48.5 Å². The van der Waals surface area contributed by atoms with Crippen molar-refractivity contribution in [2.45, 2.75) is 18.1 Å². The molecule has 0 aliphatic heterocycles. The van der Waals surface area contributed by atoms with Crippen molar-refractivity contribution in [2.75, 3.05) is 20.3 Å². The fourth-order valence-corrected chi connectivity index (χ4v) is 4.31. The number of hydrogen-bond donors (Lipinski definition) is 3. The topological polar surface area (TPSA) is 131 Å². The first-order valence-corrected chi connectivity index (χ1v) is 10.7. The van der Waals surface area contributed by atoms with Crippen molar-refractivity contribution in [3.05, 3.63) is 93.5 Å². The number of aliphatic hydroxyl groups excluding tert-OH is 2. The van der Waals surface area contributed by atoms with Gasteiger partial charge in [0.1, 0.15) is 30.1 Å². The summed E-state index contributed by atoms with van der Waals surface area (Å²) >= 11 is 0. The summed E-state index contributed by atoms with van der Waals surface area (Å²) < 4.78 is 10.5. The summed E-state index contributed by atoms with van der Waals surface area (Å²) in [5.41, 5.74) is 3.77. The normalized spacial score (nSPS) is 14.0. The molecule has 176 valence electrons. The van der Waals surface area contributed by atoms with Gasteiger partial charge in [-0.1, -0.05) is 54.6 Å². The maximum absolute atomic E-state index is 12.3. The van der Waals surface area contributed by atoms with Crippen LogP contribution in [0.5, 0.6) is 5.75 Å². The summed E-state index contributed by atoms with van der Waals surface area (Å²) in [6, 6.07) is 19.9. The fourth-order valence-electron chi connectivity index (χ4n) is 4.31. The zero-order chi connectivity index (χ0) is 24.2. The van der Waals surface area contributed by atoms with Crippen molar-refractivity contribution in [3.8, 4) is 16.9 Å². The molecule has 0 saturated carbocycles. The molecule has 1 aliphatic carbocycles. The van der Waals surface area contributed by atoms with Crippen molar-refractivity contribution in [3.63, 3.8) is 0 Å². The first-order chi connectivity index (χ1) is 16.4. The van der Waals surface area contributed by atoms with Crippen molar-refractivity contribution in [1.29, 1.82) is 0 Å². The van der Waals surface area contributed by atoms with Gasteiger partial charge in [0.15, 0.2) is 0 Å². The van der Waals surface area contributed by atoms with E-state index in [1.165, 1.54) is 25.3 Å². The van der Waals surface area contributed by atoms with Crippen LogP contribution in [0.3, 0.4) is 0 Å². The lowest BCUT2D eigenvalue weighted by atomic mass is 9.98. The highest BCUT2D eigenvalue weighted by Crippen LogP contribution is 2.44. The van der Waals surface area contributed by atoms with Crippen LogP contribution in [0.4, 0.5) is 10.5 Å². The fraction of sp³-hybridized carbons (Fsp3) is 0.240. The van der Waals surface area contributed by atoms with Gasteiger partial charge in [-0.05, 0) is 28.3 Å². The lowest BCUT2D eigenvalue weighted by molar-refractivity contribution is -0.386. The zero-order valence-corrected chi connectivity index (χ0v) is 18.4. The molecule has 34 heavy (non-hydrogen) atoms. The van der Waals surface area contributed by atoms with Crippen molar-refractivity contribution in [2.24, 2.45) is 0 Å². The predicted octanol–water partition coefficient (Wildman–Crippen LogP) is 3.54. The number of nitro benzene ring substituents is 1. The number of amides is 1. The lowest BCUT2D eigenvalue weighted by Crippen LogP contribution is -2.36. The number of fused-ring (bicyclic) bond motifs is 3. The van der Waals surface area contributed by atoms with Crippen molar-refractivity contribution >= 4 is 11.8 Å². The molecule has 0 heterocycles. The van der Waals surface area contributed by atoms with Gasteiger partial charge in [-0.3, -0.25) is 10.1 Å². The van der Waals surface area contributed by atoms with Crippen LogP contribution < -0.4 is 10.1 Å². The second-order valence-electron chi connectivity index (χ2n) is 7.87. The van der Waals surface area contributed by atoms with E-state index < -0.39 is 28.9 Å². The summed E-state index contributed by atoms with van der Waals surface area (Å²) in [6.45, 7) is -0.288. The minimum Gasteiger partial charge on any atom is -0.496 e. The Bertz CT molecular complexity index is 1170. The second kappa shape index (κ2) is 9.90. The summed E-state index contributed by atoms with van der Waals surface area (Å²) in [4.78, 5) is 23.0. The van der Waals surface area contributed by atoms with Gasteiger partial charge < -0.3 is 25.0 Å². The molecule has 0 spiro atoms. The number of rotatable bonds is 8. The van der Waals surface area contributed by atoms with Crippen LogP contribution in [0.1, 0.15) is 28.7 Å². The highest BCUT2D eigenvalue weighted by atomic mass is 16.6. The predicted molar refractivity (Wildman–Crippen MR) is 124 cm³/mol. The van der Waals surface area contributed by atoms with Gasteiger partial charge in [0, 0.05) is 18.5 Å². The maximum atomic E-state index is 12.3. The van der Waals surface area contributed by atoms with E-state index in [2.05, 4.69) is 5.32 Å². The molecule has 9 nitrogen and oxygen atoms in total. The van der Waals surface area contributed by atoms with E-state index >= 15 is 0 Å². The second-order valence-corrected chi connectivity index (χ2v) is 7.87. The molecule has 0 aromatic heterocycles. The summed E-state index contributed by atoms with van der Waals surface area (Å²) in [5.74, 6) is -0.0632. The number of aliphatic hydroxyl groups is 2. The number of nitrogens with zero attached hydrogens (tertiary/aromatic N) is 1. The van der Waals surface area contributed by atoms with Crippen LogP contribution in [0.2, 0.25) is 0 Å². The molecule has 2 atom stereocenters. The van der Waals surface area contributed by atoms with Crippen molar-refractivity contribution < 1.29 is 29.4 Å². The van der Waals surface area contributed by atoms with Gasteiger partial charge >= 0.3 is 6.09 Å². The van der Waals surface area contributed by atoms with Gasteiger partial charge in [0.25, 0.3) is 5.69 Å². The molecule has 3 aromatic carbocycles. The third-order valence-corrected chi connectivity index (χ3v) is 5.92. The molecule has 0 bridgehead atoms. The van der Waals surface area contributed by atoms with E-state index in [4.69, 9.17) is 9.47 Å². The molecular formula is C25H24N2O7. The lowest BCUT2D eigenvalue weighted by Gasteiger charge is -2.21. The van der Waals surface area contributed by atoms with Crippen LogP contribution >= 0.6 is 0 Å². The number of hydrogen-bond acceptors (Lipinski definition) is 7. The third kappa shape index (κ3) is 4.43. The number of methoxy groups -OCH3 is 1. The quantitative estimate of drug-likeness (QED) is 0.343. The molecule has 2 unspecified atom stereocenters. The maximum Gasteiger partial charge on any atom is 0.407 e. The van der Waals surface area contributed by atoms with E-state index in [0.29, 0.717) is 0 Å². The van der Waals surface area contributed by atoms with Crippen LogP contribution in [0, 0.1) is 10.1 Å². The highest BCUT2D eigenvalue weighted by molar-refractivity contribution is 5.79. The van der Waals surface area contributed by atoms with E-state index in [1.54, 1.807) is 0 Å². The van der Waals surface area contributed by atoms with Crippen LogP contribution in [-0.4, -0.2) is 47.6 Å². The Balaban J connectivity index is 1.39. The van der Waals surface area contributed by atoms with Gasteiger partial charge in [0.05, 0.1) is 12.0 Å². The molecule has 0 saturated heterocycles. The van der Waals surface area contributed by atoms with Crippen LogP contribution in [0.25, 0.3) is 11.1 Å². The number of benzene rings is 3. The number of carbonyl (C=O) groups is 1. The SMILES string of the molecule is COc1cccc([N+](=O)[O-])c1C(O)C(O)CNC(=O)OCC1c2ccccc2-c2ccccc21. The van der Waals surface area contributed by atoms with Gasteiger partial charge in [-0.15, -0.1) is 0 Å². The first-order valence-electron chi connectivity index (χ1n) is 10.7. The number of alkyl carbamates (subject to hydrolysis) is 1. The smallest absolute Gasteiger partial charge is 0.407 e. The Kier molecular flexibility index (Phi) is 6.76. The number of nitro groups is 1. The molecule has 3 aromatic rings. The van der Waals surface area contributed by atoms with E-state index in [-0.39, 0.29) is 30.4 Å². The number of carbonyl (C=O) groups excluding carboxylic acids is 1. The Morgan fingerprint density at radius 1 is 1.03 bits per heavy atom. The molecule has 1 amide bonds. The number of ether oxygens (including phenoxy) is 2. The Morgan fingerprint density at radius 2 is 1.65 bits per heavy atom. The van der Waals surface area contributed by atoms with Gasteiger partial charge in [0.2, 0.25) is 0 Å². The number of nitrogens with one attached hydrogen (secondary N) is 1. The average molecular weight is 464 g/mol. The molecule has 9 heteroatoms. The van der Waals surface area contributed by atoms with Gasteiger partial charge in [-0.2, -0.15) is 0 Å². The highest BCUT2D eigenvalue weighted by Gasteiger charge is 2.31. The summed E-state index contributed by atoms with van der Waals surface area (Å²) in [6.07, 6.45) is -3.97. The Morgan fingerprint density at radius 3 is 2.24 bits per heavy atom. The van der Waals surface area contributed by atoms with Crippen LogP contribution in [0.15, 0.2) is 66.7 Å². The van der Waals surface area contributed by atoms with Crippen LogP contribution in [-0.2, 0) is 4.74 Å². The van der Waals surface area contributed by atoms with E-state index in [9.17, 15) is 25.1 Å². The summed E-state index contributed by atoms with van der Waals surface area (Å²) in [7, 11) is 1.30. The monoisotopic (exact) mass is 464 g/mol. The van der Waals surface area contributed by atoms with Gasteiger partial charge in [-0.25, -0.2) is 4.79 Å². The zero-order valence-electron chi connectivity index (χ0n) is 18.4. The summed E-state index contributed by atoms with van der Waals surface area (Å²) in [5, 5.41) is 34.7. The van der Waals surface area contributed by atoms with Crippen molar-refractivity contribution in [1.82, 2.24) is 5.32 Å². The average Bonchev–Trinajstić information content (AvgIpc) is 3.18. The first kappa shape index (κ1) is 23.2. The largest absolute Gasteiger partial charge is 0.496 e. The standard InChI is InChI=1S/C25H24N2O7/c1-33-22-12-6-11-20(27(31)32)23(22)24(29)21(28)13-26-25(30)34-14-19-17-9-4-2-7-15(17)16-8-3-5-10-18(16)19/h2-12,19,21,24,28-29H,13-14H2,1H3,(H,26,30). The molecule has 3 N–H and O–H groups in total. The molecular weight excluding hydrogens is 440 g/mol. The minimum absolute atomic E-state index is 0.0573.